The molecule has 5 heteroatoms. The van der Waals surface area contributed by atoms with Gasteiger partial charge in [0.15, 0.2) is 0 Å². The Hall–Kier alpha value is -1.90. The standard InChI is InChI=1S/C15H22N4O/c1-15(2,10-17)11-19(3)9-14(20)18-13-6-4-5-12(7-13)8-16/h4-7H,9-11,17H2,1-3H3,(H,18,20). The minimum Gasteiger partial charge on any atom is -0.330 e. The first-order valence-electron chi connectivity index (χ1n) is 6.55. The van der Waals surface area contributed by atoms with Gasteiger partial charge in [-0.25, -0.2) is 0 Å². The van der Waals surface area contributed by atoms with E-state index in [4.69, 9.17) is 11.0 Å². The van der Waals surface area contributed by atoms with Gasteiger partial charge in [-0.05, 0) is 37.2 Å². The second kappa shape index (κ2) is 7.04. The third kappa shape index (κ3) is 5.39. The number of likely N-dealkylation sites (N-methyl/N-ethyl adjacent to an activating group) is 1. The number of hydrogen-bond donors (Lipinski definition) is 2. The third-order valence-corrected chi connectivity index (χ3v) is 2.94. The summed E-state index contributed by atoms with van der Waals surface area (Å²) in [5.41, 5.74) is 6.83. The quantitative estimate of drug-likeness (QED) is 0.821. The summed E-state index contributed by atoms with van der Waals surface area (Å²) in [6, 6.07) is 8.91. The molecule has 0 fully saturated rings. The van der Waals surface area contributed by atoms with Crippen LogP contribution in [-0.4, -0.2) is 37.5 Å². The first-order chi connectivity index (χ1) is 9.36. The summed E-state index contributed by atoms with van der Waals surface area (Å²) >= 11 is 0. The van der Waals surface area contributed by atoms with Crippen LogP contribution >= 0.6 is 0 Å². The number of benzene rings is 1. The Kier molecular flexibility index (Phi) is 5.68. The Balaban J connectivity index is 2.53. The Morgan fingerprint density at radius 1 is 1.50 bits per heavy atom. The van der Waals surface area contributed by atoms with Gasteiger partial charge in [0.05, 0.1) is 18.2 Å². The molecule has 0 heterocycles. The molecule has 5 nitrogen and oxygen atoms in total. The summed E-state index contributed by atoms with van der Waals surface area (Å²) in [6.45, 7) is 5.74. The lowest BCUT2D eigenvalue weighted by Crippen LogP contribution is -2.40. The van der Waals surface area contributed by atoms with E-state index in [0.29, 0.717) is 24.3 Å². The van der Waals surface area contributed by atoms with E-state index in [1.807, 2.05) is 18.0 Å². The molecule has 0 radical (unpaired) electrons. The van der Waals surface area contributed by atoms with Gasteiger partial charge in [-0.1, -0.05) is 19.9 Å². The van der Waals surface area contributed by atoms with Crippen LogP contribution in [0.3, 0.4) is 0 Å². The van der Waals surface area contributed by atoms with Crippen molar-refractivity contribution in [2.45, 2.75) is 13.8 Å². The van der Waals surface area contributed by atoms with Crippen LogP contribution in [0.15, 0.2) is 24.3 Å². The molecule has 20 heavy (non-hydrogen) atoms. The van der Waals surface area contributed by atoms with Crippen molar-refractivity contribution in [3.63, 3.8) is 0 Å². The van der Waals surface area contributed by atoms with Crippen LogP contribution in [0.1, 0.15) is 19.4 Å². The van der Waals surface area contributed by atoms with Crippen LogP contribution in [0, 0.1) is 16.7 Å². The molecule has 0 aliphatic carbocycles. The zero-order valence-corrected chi connectivity index (χ0v) is 12.3. The van der Waals surface area contributed by atoms with Gasteiger partial charge in [0.25, 0.3) is 0 Å². The molecule has 0 saturated heterocycles. The topological polar surface area (TPSA) is 82.2 Å². The Morgan fingerprint density at radius 2 is 2.20 bits per heavy atom. The minimum atomic E-state index is -0.101. The van der Waals surface area contributed by atoms with Crippen molar-refractivity contribution in [1.82, 2.24) is 4.90 Å². The summed E-state index contributed by atoms with van der Waals surface area (Å²) in [5, 5.41) is 11.6. The van der Waals surface area contributed by atoms with Crippen molar-refractivity contribution in [2.24, 2.45) is 11.1 Å². The molecule has 0 spiro atoms. The lowest BCUT2D eigenvalue weighted by atomic mass is 9.93. The zero-order valence-electron chi connectivity index (χ0n) is 12.3. The van der Waals surface area contributed by atoms with Crippen molar-refractivity contribution >= 4 is 11.6 Å². The summed E-state index contributed by atoms with van der Waals surface area (Å²) in [4.78, 5) is 13.9. The molecule has 0 aliphatic heterocycles. The molecule has 0 bridgehead atoms. The first kappa shape index (κ1) is 16.2. The zero-order chi connectivity index (χ0) is 15.2. The van der Waals surface area contributed by atoms with Gasteiger partial charge in [-0.2, -0.15) is 5.26 Å². The molecule has 0 aromatic heterocycles. The number of nitrogens with two attached hydrogens (primary N) is 1. The van der Waals surface area contributed by atoms with Gasteiger partial charge < -0.3 is 11.1 Å². The van der Waals surface area contributed by atoms with Crippen molar-refractivity contribution in [1.29, 1.82) is 5.26 Å². The minimum absolute atomic E-state index is 0.0181. The smallest absolute Gasteiger partial charge is 0.238 e. The average Bonchev–Trinajstić information content (AvgIpc) is 2.37. The van der Waals surface area contributed by atoms with E-state index in [1.165, 1.54) is 0 Å². The van der Waals surface area contributed by atoms with E-state index in [-0.39, 0.29) is 11.3 Å². The van der Waals surface area contributed by atoms with Crippen LogP contribution in [0.4, 0.5) is 5.69 Å². The van der Waals surface area contributed by atoms with E-state index in [2.05, 4.69) is 19.2 Å². The van der Waals surface area contributed by atoms with E-state index in [0.717, 1.165) is 6.54 Å². The summed E-state index contributed by atoms with van der Waals surface area (Å²) in [5.74, 6) is -0.101. The molecule has 0 aliphatic rings. The number of hydrogen-bond acceptors (Lipinski definition) is 4. The highest BCUT2D eigenvalue weighted by atomic mass is 16.2. The number of carbonyl (C=O) groups excluding carboxylic acids is 1. The summed E-state index contributed by atoms with van der Waals surface area (Å²) in [7, 11) is 1.89. The van der Waals surface area contributed by atoms with Gasteiger partial charge in [0.1, 0.15) is 0 Å². The van der Waals surface area contributed by atoms with Crippen molar-refractivity contribution in [3.8, 4) is 6.07 Å². The van der Waals surface area contributed by atoms with E-state index >= 15 is 0 Å². The van der Waals surface area contributed by atoms with Gasteiger partial charge in [-0.15, -0.1) is 0 Å². The predicted octanol–water partition coefficient (Wildman–Crippen LogP) is 1.41. The maximum atomic E-state index is 11.9. The van der Waals surface area contributed by atoms with Crippen LogP contribution in [0.2, 0.25) is 0 Å². The second-order valence-corrected chi connectivity index (χ2v) is 5.78. The molecule has 0 unspecified atom stereocenters. The Bertz CT molecular complexity index is 505. The van der Waals surface area contributed by atoms with E-state index < -0.39 is 0 Å². The van der Waals surface area contributed by atoms with E-state index in [9.17, 15) is 4.79 Å². The third-order valence-electron chi connectivity index (χ3n) is 2.94. The number of anilines is 1. The number of amides is 1. The highest BCUT2D eigenvalue weighted by Crippen LogP contribution is 2.14. The molecule has 108 valence electrons. The molecule has 1 rings (SSSR count). The number of nitriles is 1. The Labute approximate surface area is 120 Å². The molecular formula is C15H22N4O. The number of carbonyl (C=O) groups is 1. The molecule has 3 N–H and O–H groups in total. The van der Waals surface area contributed by atoms with Crippen LogP contribution in [0.5, 0.6) is 0 Å². The van der Waals surface area contributed by atoms with E-state index in [1.54, 1.807) is 24.3 Å². The van der Waals surface area contributed by atoms with Crippen molar-refractivity contribution in [2.75, 3.05) is 32.0 Å². The summed E-state index contributed by atoms with van der Waals surface area (Å²) < 4.78 is 0. The molecule has 0 atom stereocenters. The first-order valence-corrected chi connectivity index (χ1v) is 6.55. The maximum absolute atomic E-state index is 11.9. The monoisotopic (exact) mass is 274 g/mol. The normalized spacial score (nSPS) is 11.2. The second-order valence-electron chi connectivity index (χ2n) is 5.78. The Morgan fingerprint density at radius 3 is 2.80 bits per heavy atom. The lowest BCUT2D eigenvalue weighted by Gasteiger charge is -2.28. The fraction of sp³-hybridized carbons (Fsp3) is 0.467. The van der Waals surface area contributed by atoms with Gasteiger partial charge in [0, 0.05) is 12.2 Å². The van der Waals surface area contributed by atoms with Gasteiger partial charge >= 0.3 is 0 Å². The lowest BCUT2D eigenvalue weighted by molar-refractivity contribution is -0.117. The molecule has 1 amide bonds. The number of nitrogens with one attached hydrogen (secondary N) is 1. The highest BCUT2D eigenvalue weighted by Gasteiger charge is 2.19. The largest absolute Gasteiger partial charge is 0.330 e. The maximum Gasteiger partial charge on any atom is 0.238 e. The fourth-order valence-electron chi connectivity index (χ4n) is 1.96. The molecular weight excluding hydrogens is 252 g/mol. The van der Waals surface area contributed by atoms with Gasteiger partial charge in [0.2, 0.25) is 5.91 Å². The number of rotatable bonds is 6. The SMILES string of the molecule is CN(CC(=O)Nc1cccc(C#N)c1)CC(C)(C)CN. The van der Waals surface area contributed by atoms with Crippen molar-refractivity contribution < 1.29 is 4.79 Å². The molecule has 0 saturated carbocycles. The number of nitrogens with zero attached hydrogens (tertiary/aromatic N) is 2. The predicted molar refractivity (Wildman–Crippen MR) is 80.1 cm³/mol. The van der Waals surface area contributed by atoms with Crippen LogP contribution < -0.4 is 11.1 Å². The molecule has 1 aromatic carbocycles. The highest BCUT2D eigenvalue weighted by molar-refractivity contribution is 5.92. The summed E-state index contributed by atoms with van der Waals surface area (Å²) in [6.07, 6.45) is 0. The van der Waals surface area contributed by atoms with Crippen LogP contribution in [0.25, 0.3) is 0 Å². The molecule has 1 aromatic rings. The fourth-order valence-corrected chi connectivity index (χ4v) is 1.96. The van der Waals surface area contributed by atoms with Gasteiger partial charge in [-0.3, -0.25) is 9.69 Å². The van der Waals surface area contributed by atoms with Crippen molar-refractivity contribution in [3.05, 3.63) is 29.8 Å². The van der Waals surface area contributed by atoms with Crippen LogP contribution in [-0.2, 0) is 4.79 Å². The average molecular weight is 274 g/mol.